The molecule has 12 N–H and O–H groups in total. The lowest BCUT2D eigenvalue weighted by atomic mass is 9.66. The summed E-state index contributed by atoms with van der Waals surface area (Å²) in [7, 11) is 0. The Morgan fingerprint density at radius 3 is 0.786 bits per heavy atom. The number of aliphatic hydroxyl groups is 4. The molecule has 0 aliphatic carbocycles. The topological polar surface area (TPSA) is 282 Å². The lowest BCUT2D eigenvalue weighted by Crippen LogP contribution is -2.71. The largest absolute Gasteiger partial charge is 0.479 e. The molecule has 0 saturated carbocycles. The van der Waals surface area contributed by atoms with E-state index in [2.05, 4.69) is 0 Å². The summed E-state index contributed by atoms with van der Waals surface area (Å²) in [5.41, 5.74) is 7.07. The van der Waals surface area contributed by atoms with Crippen LogP contribution in [0.15, 0.2) is 0 Å². The quantitative estimate of drug-likeness (QED) is 0.137. The summed E-state index contributed by atoms with van der Waals surface area (Å²) in [4.78, 5) is 43.9. The van der Waals surface area contributed by atoms with Gasteiger partial charge in [0.15, 0.2) is 24.4 Å². The van der Waals surface area contributed by atoms with Crippen LogP contribution in [0.2, 0.25) is 0 Å². The molecule has 28 heavy (non-hydrogen) atoms. The van der Waals surface area contributed by atoms with Crippen molar-refractivity contribution >= 4 is 23.9 Å². The zero-order valence-electron chi connectivity index (χ0n) is 14.5. The van der Waals surface area contributed by atoms with Gasteiger partial charge in [-0.05, 0) is 0 Å². The van der Waals surface area contributed by atoms with E-state index in [1.165, 1.54) is 0 Å². The van der Waals surface area contributed by atoms with Crippen LogP contribution in [0.25, 0.3) is 0 Å². The second-order valence-corrected chi connectivity index (χ2v) is 6.54. The third kappa shape index (κ3) is 6.66. The molecule has 0 aromatic heterocycles. The summed E-state index contributed by atoms with van der Waals surface area (Å²) in [6.45, 7) is 0. The second kappa shape index (κ2) is 9.72. The lowest BCUT2D eigenvalue weighted by Gasteiger charge is -2.48. The number of carbonyl (C=O) groups is 4. The van der Waals surface area contributed by atoms with Crippen molar-refractivity contribution in [2.24, 2.45) is 11.5 Å². The van der Waals surface area contributed by atoms with Crippen LogP contribution in [-0.2, 0) is 19.2 Å². The molecule has 4 atom stereocenters. The van der Waals surface area contributed by atoms with E-state index in [4.69, 9.17) is 31.9 Å². The van der Waals surface area contributed by atoms with Gasteiger partial charge in [-0.3, -0.25) is 0 Å². The van der Waals surface area contributed by atoms with E-state index < -0.39 is 85.1 Å². The monoisotopic (exact) mass is 412 g/mol. The minimum Gasteiger partial charge on any atom is -0.479 e. The molecule has 0 heterocycles. The molecular weight excluding hydrogens is 388 g/mol. The number of aliphatic carboxylic acids is 4. The van der Waals surface area contributed by atoms with Crippen molar-refractivity contribution in [1.29, 1.82) is 0 Å². The van der Waals surface area contributed by atoms with Crippen LogP contribution in [-0.4, -0.2) is 100 Å². The summed E-state index contributed by atoms with van der Waals surface area (Å²) in [6, 6.07) is 0. The first-order valence-electron chi connectivity index (χ1n) is 7.77. The first-order chi connectivity index (χ1) is 12.6. The Hall–Kier alpha value is -2.36. The Labute approximate surface area is 157 Å². The first kappa shape index (κ1) is 25.6. The number of nitrogens with two attached hydrogens (primary N) is 2. The van der Waals surface area contributed by atoms with Gasteiger partial charge in [-0.2, -0.15) is 0 Å². The van der Waals surface area contributed by atoms with E-state index in [9.17, 15) is 39.6 Å². The van der Waals surface area contributed by atoms with Crippen LogP contribution >= 0.6 is 0 Å². The van der Waals surface area contributed by atoms with Gasteiger partial charge < -0.3 is 52.3 Å². The van der Waals surface area contributed by atoms with E-state index in [0.717, 1.165) is 0 Å². The van der Waals surface area contributed by atoms with Gasteiger partial charge in [0, 0.05) is 36.8 Å². The van der Waals surface area contributed by atoms with E-state index in [0.29, 0.717) is 0 Å². The maximum Gasteiger partial charge on any atom is 0.332 e. The van der Waals surface area contributed by atoms with Gasteiger partial charge in [0.25, 0.3) is 0 Å². The van der Waals surface area contributed by atoms with E-state index >= 15 is 0 Å². The SMILES string of the molecule is NC(CC(O)C(=O)O)(CC(O)C(=O)O)C(N)(CC(O)C(=O)O)CC(O)C(=O)O. The molecule has 0 saturated heterocycles. The number of aliphatic hydroxyl groups excluding tert-OH is 4. The molecule has 0 rings (SSSR count). The molecule has 0 amide bonds. The average Bonchev–Trinajstić information content (AvgIpc) is 2.53. The zero-order chi connectivity index (χ0) is 22.4. The highest BCUT2D eigenvalue weighted by Gasteiger charge is 2.52. The molecule has 0 aromatic rings. The third-order valence-electron chi connectivity index (χ3n) is 4.36. The maximum atomic E-state index is 11.0. The number of carboxylic acids is 4. The van der Waals surface area contributed by atoms with Gasteiger partial charge in [0.1, 0.15) is 0 Å². The van der Waals surface area contributed by atoms with Crippen molar-refractivity contribution in [3.05, 3.63) is 0 Å². The highest BCUT2D eigenvalue weighted by molar-refractivity contribution is 5.74. The van der Waals surface area contributed by atoms with Crippen LogP contribution in [0.5, 0.6) is 0 Å². The van der Waals surface area contributed by atoms with Crippen LogP contribution < -0.4 is 11.5 Å². The van der Waals surface area contributed by atoms with E-state index in [1.807, 2.05) is 0 Å². The lowest BCUT2D eigenvalue weighted by molar-refractivity contribution is -0.155. The minimum atomic E-state index is -2.44. The molecule has 0 aromatic carbocycles. The number of rotatable bonds is 13. The summed E-state index contributed by atoms with van der Waals surface area (Å²) in [5.74, 6) is -7.28. The van der Waals surface area contributed by atoms with Gasteiger partial charge in [-0.15, -0.1) is 0 Å². The van der Waals surface area contributed by atoms with Gasteiger partial charge in [0.05, 0.1) is 0 Å². The predicted octanol–water partition coefficient (Wildman–Crippen LogP) is -4.28. The van der Waals surface area contributed by atoms with Crippen molar-refractivity contribution < 1.29 is 60.0 Å². The summed E-state index contributed by atoms with van der Waals surface area (Å²) in [6.07, 6.45) is -13.3. The Morgan fingerprint density at radius 2 is 0.679 bits per heavy atom. The van der Waals surface area contributed by atoms with Gasteiger partial charge in [-0.25, -0.2) is 19.2 Å². The second-order valence-electron chi connectivity index (χ2n) is 6.54. The van der Waals surface area contributed by atoms with Crippen molar-refractivity contribution in [3.8, 4) is 0 Å². The molecule has 0 radical (unpaired) electrons. The molecule has 14 nitrogen and oxygen atoms in total. The number of hydrogen-bond donors (Lipinski definition) is 10. The Bertz CT molecular complexity index is 513. The zero-order valence-corrected chi connectivity index (χ0v) is 14.5. The fraction of sp³-hybridized carbons (Fsp3) is 0.714. The van der Waals surface area contributed by atoms with Crippen molar-refractivity contribution in [2.45, 2.75) is 61.2 Å². The molecule has 4 unspecified atom stereocenters. The highest BCUT2D eigenvalue weighted by Crippen LogP contribution is 2.35. The standard InChI is InChI=1S/C14H24N2O12/c15-13(1-5(17)9(21)22,2-6(18)10(23)24)14(16,3-7(19)11(25)26)4-8(20)12(27)28/h5-8,17-20H,1-4,15-16H2,(H,21,22)(H,23,24)(H,25,26)(H,27,28). The highest BCUT2D eigenvalue weighted by atomic mass is 16.4. The normalized spacial score (nSPS) is 20.1. The maximum absolute atomic E-state index is 11.0. The molecule has 0 bridgehead atoms. The average molecular weight is 412 g/mol. The summed E-state index contributed by atoms with van der Waals surface area (Å²) >= 11 is 0. The third-order valence-corrected chi connectivity index (χ3v) is 4.36. The molecular formula is C14H24N2O12. The molecule has 14 heteroatoms. The molecule has 0 fully saturated rings. The van der Waals surface area contributed by atoms with Crippen LogP contribution in [0.1, 0.15) is 25.7 Å². The number of carboxylic acid groups (broad SMARTS) is 4. The number of hydrogen-bond acceptors (Lipinski definition) is 10. The Kier molecular flexibility index (Phi) is 8.90. The fourth-order valence-electron chi connectivity index (χ4n) is 2.71. The Balaban J connectivity index is 6.28. The van der Waals surface area contributed by atoms with Crippen LogP contribution in [0.4, 0.5) is 0 Å². The first-order valence-corrected chi connectivity index (χ1v) is 7.77. The van der Waals surface area contributed by atoms with Crippen molar-refractivity contribution in [2.75, 3.05) is 0 Å². The Morgan fingerprint density at radius 1 is 0.536 bits per heavy atom. The smallest absolute Gasteiger partial charge is 0.332 e. The van der Waals surface area contributed by atoms with Gasteiger partial charge >= 0.3 is 23.9 Å². The predicted molar refractivity (Wildman–Crippen MR) is 86.9 cm³/mol. The van der Waals surface area contributed by atoms with E-state index in [1.54, 1.807) is 0 Å². The van der Waals surface area contributed by atoms with E-state index in [-0.39, 0.29) is 0 Å². The van der Waals surface area contributed by atoms with Crippen LogP contribution in [0, 0.1) is 0 Å². The van der Waals surface area contributed by atoms with Crippen molar-refractivity contribution in [3.63, 3.8) is 0 Å². The molecule has 0 aliphatic rings. The molecule has 0 aliphatic heterocycles. The minimum absolute atomic E-state index is 1.05. The fourth-order valence-corrected chi connectivity index (χ4v) is 2.71. The van der Waals surface area contributed by atoms with Crippen molar-refractivity contribution in [1.82, 2.24) is 0 Å². The van der Waals surface area contributed by atoms with Crippen LogP contribution in [0.3, 0.4) is 0 Å². The molecule has 0 spiro atoms. The summed E-state index contributed by atoms with van der Waals surface area (Å²) in [5, 5.41) is 74.1. The van der Waals surface area contributed by atoms with Gasteiger partial charge in [0.2, 0.25) is 0 Å². The van der Waals surface area contributed by atoms with Gasteiger partial charge in [-0.1, -0.05) is 0 Å². The summed E-state index contributed by atoms with van der Waals surface area (Å²) < 4.78 is 0. The molecule has 162 valence electrons.